The molecule has 0 amide bonds. The molecular formula is C11H13F2NO2. The lowest BCUT2D eigenvalue weighted by molar-refractivity contribution is -0.141. The molecule has 5 heteroatoms. The Morgan fingerprint density at radius 3 is 2.25 bits per heavy atom. The molecule has 0 fully saturated rings. The Bertz CT molecular complexity index is 375. The summed E-state index contributed by atoms with van der Waals surface area (Å²) in [6, 6.07) is 2.91. The quantitative estimate of drug-likeness (QED) is 0.833. The van der Waals surface area contributed by atoms with Crippen molar-refractivity contribution < 1.29 is 18.7 Å². The molecule has 0 saturated heterocycles. The van der Waals surface area contributed by atoms with Crippen molar-refractivity contribution in [2.75, 3.05) is 5.32 Å². The van der Waals surface area contributed by atoms with E-state index in [2.05, 4.69) is 5.32 Å². The van der Waals surface area contributed by atoms with E-state index in [0.29, 0.717) is 0 Å². The molecule has 0 aliphatic heterocycles. The van der Waals surface area contributed by atoms with Gasteiger partial charge in [0.05, 0.1) is 5.92 Å². The van der Waals surface area contributed by atoms with Crippen LogP contribution in [0.5, 0.6) is 0 Å². The predicted octanol–water partition coefficient (Wildman–Crippen LogP) is 2.49. The summed E-state index contributed by atoms with van der Waals surface area (Å²) >= 11 is 0. The van der Waals surface area contributed by atoms with Crippen LogP contribution in [0.25, 0.3) is 0 Å². The summed E-state index contributed by atoms with van der Waals surface area (Å²) in [5.41, 5.74) is -0.289. The SMILES string of the molecule is CC(Nc1c(F)cccc1F)C(C)C(=O)O. The van der Waals surface area contributed by atoms with E-state index in [0.717, 1.165) is 12.1 Å². The van der Waals surface area contributed by atoms with Gasteiger partial charge in [-0.15, -0.1) is 0 Å². The summed E-state index contributed by atoms with van der Waals surface area (Å²) < 4.78 is 26.5. The maximum Gasteiger partial charge on any atom is 0.308 e. The fraction of sp³-hybridized carbons (Fsp3) is 0.364. The number of nitrogens with one attached hydrogen (secondary N) is 1. The molecule has 2 N–H and O–H groups in total. The first-order chi connectivity index (χ1) is 7.43. The maximum atomic E-state index is 13.2. The Morgan fingerprint density at radius 1 is 1.31 bits per heavy atom. The molecule has 0 aromatic heterocycles. The lowest BCUT2D eigenvalue weighted by Gasteiger charge is -2.19. The number of hydrogen-bond donors (Lipinski definition) is 2. The van der Waals surface area contributed by atoms with Crippen molar-refractivity contribution in [2.24, 2.45) is 5.92 Å². The Morgan fingerprint density at radius 2 is 1.81 bits per heavy atom. The maximum absolute atomic E-state index is 13.2. The molecule has 2 atom stereocenters. The molecule has 0 radical (unpaired) electrons. The number of benzene rings is 1. The zero-order chi connectivity index (χ0) is 12.3. The van der Waals surface area contributed by atoms with Gasteiger partial charge < -0.3 is 10.4 Å². The number of hydrogen-bond acceptors (Lipinski definition) is 2. The molecule has 0 bridgehead atoms. The largest absolute Gasteiger partial charge is 0.481 e. The van der Waals surface area contributed by atoms with Crippen molar-refractivity contribution in [2.45, 2.75) is 19.9 Å². The van der Waals surface area contributed by atoms with Gasteiger partial charge >= 0.3 is 5.97 Å². The first-order valence-corrected chi connectivity index (χ1v) is 4.87. The number of para-hydroxylation sites is 1. The van der Waals surface area contributed by atoms with Crippen LogP contribution in [0.4, 0.5) is 14.5 Å². The van der Waals surface area contributed by atoms with E-state index in [1.807, 2.05) is 0 Å². The van der Waals surface area contributed by atoms with Gasteiger partial charge in [-0.25, -0.2) is 8.78 Å². The van der Waals surface area contributed by atoms with Crippen LogP contribution in [0.2, 0.25) is 0 Å². The minimum atomic E-state index is -1.02. The predicted molar refractivity (Wildman–Crippen MR) is 56.2 cm³/mol. The third-order valence-corrected chi connectivity index (χ3v) is 2.47. The van der Waals surface area contributed by atoms with E-state index in [4.69, 9.17) is 5.11 Å². The molecular weight excluding hydrogens is 216 g/mol. The Labute approximate surface area is 92.1 Å². The van der Waals surface area contributed by atoms with Crippen molar-refractivity contribution in [1.82, 2.24) is 0 Å². The molecule has 3 nitrogen and oxygen atoms in total. The zero-order valence-corrected chi connectivity index (χ0v) is 9.00. The number of halogens is 2. The number of carbonyl (C=O) groups is 1. The van der Waals surface area contributed by atoms with Crippen LogP contribution in [0, 0.1) is 17.6 Å². The number of carboxylic acid groups (broad SMARTS) is 1. The van der Waals surface area contributed by atoms with Crippen molar-refractivity contribution in [1.29, 1.82) is 0 Å². The van der Waals surface area contributed by atoms with Crippen LogP contribution in [0.3, 0.4) is 0 Å². The summed E-state index contributed by atoms with van der Waals surface area (Å²) in [6.07, 6.45) is 0. The number of rotatable bonds is 4. The average molecular weight is 229 g/mol. The topological polar surface area (TPSA) is 49.3 Å². The molecule has 88 valence electrons. The molecule has 0 saturated carbocycles. The molecule has 0 heterocycles. The van der Waals surface area contributed by atoms with Gasteiger partial charge in [0.1, 0.15) is 17.3 Å². The third kappa shape index (κ3) is 2.68. The van der Waals surface area contributed by atoms with E-state index in [1.54, 1.807) is 6.92 Å². The lowest BCUT2D eigenvalue weighted by atomic mass is 10.0. The second kappa shape index (κ2) is 4.92. The molecule has 2 unspecified atom stereocenters. The lowest BCUT2D eigenvalue weighted by Crippen LogP contribution is -2.30. The van der Waals surface area contributed by atoms with Gasteiger partial charge in [0, 0.05) is 6.04 Å². The van der Waals surface area contributed by atoms with Crippen molar-refractivity contribution in [3.63, 3.8) is 0 Å². The van der Waals surface area contributed by atoms with Crippen molar-refractivity contribution >= 4 is 11.7 Å². The fourth-order valence-corrected chi connectivity index (χ4v) is 1.20. The van der Waals surface area contributed by atoms with Gasteiger partial charge in [-0.2, -0.15) is 0 Å². The van der Waals surface area contributed by atoms with E-state index >= 15 is 0 Å². The Hall–Kier alpha value is -1.65. The summed E-state index contributed by atoms with van der Waals surface area (Å²) in [7, 11) is 0. The molecule has 0 aliphatic rings. The Kier molecular flexibility index (Phi) is 3.82. The van der Waals surface area contributed by atoms with Gasteiger partial charge in [-0.05, 0) is 26.0 Å². The summed E-state index contributed by atoms with van der Waals surface area (Å²) in [5, 5.41) is 11.3. The van der Waals surface area contributed by atoms with Crippen LogP contribution in [0.15, 0.2) is 18.2 Å². The van der Waals surface area contributed by atoms with Gasteiger partial charge in [-0.1, -0.05) is 6.07 Å². The van der Waals surface area contributed by atoms with E-state index in [1.165, 1.54) is 13.0 Å². The van der Waals surface area contributed by atoms with E-state index in [9.17, 15) is 13.6 Å². The van der Waals surface area contributed by atoms with Crippen molar-refractivity contribution in [3.05, 3.63) is 29.8 Å². The smallest absolute Gasteiger partial charge is 0.308 e. The molecule has 1 rings (SSSR count). The van der Waals surface area contributed by atoms with Crippen LogP contribution in [-0.2, 0) is 4.79 Å². The van der Waals surface area contributed by atoms with Crippen molar-refractivity contribution in [3.8, 4) is 0 Å². The fourth-order valence-electron chi connectivity index (χ4n) is 1.20. The van der Waals surface area contributed by atoms with Gasteiger partial charge in [0.15, 0.2) is 0 Å². The van der Waals surface area contributed by atoms with Crippen LogP contribution in [0.1, 0.15) is 13.8 Å². The highest BCUT2D eigenvalue weighted by Gasteiger charge is 2.21. The first-order valence-electron chi connectivity index (χ1n) is 4.87. The van der Waals surface area contributed by atoms with Crippen LogP contribution in [-0.4, -0.2) is 17.1 Å². The van der Waals surface area contributed by atoms with Crippen LogP contribution >= 0.6 is 0 Å². The number of carboxylic acids is 1. The molecule has 16 heavy (non-hydrogen) atoms. The van der Waals surface area contributed by atoms with E-state index < -0.39 is 29.6 Å². The first kappa shape index (κ1) is 12.4. The standard InChI is InChI=1S/C11H13F2NO2/c1-6(11(15)16)7(2)14-10-8(12)4-3-5-9(10)13/h3-7,14H,1-2H3,(H,15,16). The van der Waals surface area contributed by atoms with Gasteiger partial charge in [0.2, 0.25) is 0 Å². The summed E-state index contributed by atoms with van der Waals surface area (Å²) in [5.74, 6) is -3.22. The highest BCUT2D eigenvalue weighted by molar-refractivity contribution is 5.71. The summed E-state index contributed by atoms with van der Waals surface area (Å²) in [6.45, 7) is 3.03. The number of aliphatic carboxylic acids is 1. The average Bonchev–Trinajstić information content (AvgIpc) is 2.22. The molecule has 1 aromatic carbocycles. The molecule has 1 aromatic rings. The van der Waals surface area contributed by atoms with Crippen LogP contribution < -0.4 is 5.32 Å². The minimum Gasteiger partial charge on any atom is -0.481 e. The minimum absolute atomic E-state index is 0.289. The molecule has 0 spiro atoms. The normalized spacial score (nSPS) is 14.2. The third-order valence-electron chi connectivity index (χ3n) is 2.47. The van der Waals surface area contributed by atoms with Gasteiger partial charge in [0.25, 0.3) is 0 Å². The highest BCUT2D eigenvalue weighted by atomic mass is 19.1. The second-order valence-electron chi connectivity index (χ2n) is 3.66. The number of anilines is 1. The second-order valence-corrected chi connectivity index (χ2v) is 3.66. The highest BCUT2D eigenvalue weighted by Crippen LogP contribution is 2.20. The van der Waals surface area contributed by atoms with Gasteiger partial charge in [-0.3, -0.25) is 4.79 Å². The monoisotopic (exact) mass is 229 g/mol. The summed E-state index contributed by atoms with van der Waals surface area (Å²) in [4.78, 5) is 10.7. The molecule has 0 aliphatic carbocycles. The van der Waals surface area contributed by atoms with E-state index in [-0.39, 0.29) is 5.69 Å². The zero-order valence-electron chi connectivity index (χ0n) is 9.00. The Balaban J connectivity index is 2.84.